The van der Waals surface area contributed by atoms with Crippen molar-refractivity contribution in [3.8, 4) is 0 Å². The number of pyridine rings is 1. The first-order valence-electron chi connectivity index (χ1n) is 3.04. The molecule has 0 spiro atoms. The topological polar surface area (TPSA) is 85.1 Å². The van der Waals surface area contributed by atoms with E-state index in [1.54, 1.807) is 12.1 Å². The lowest BCUT2D eigenvalue weighted by atomic mass is 10.3. The lowest BCUT2D eigenvalue weighted by Gasteiger charge is -1.95. The Balaban J connectivity index is 0.000000561. The van der Waals surface area contributed by atoms with Crippen molar-refractivity contribution in [1.82, 2.24) is 10.4 Å². The van der Waals surface area contributed by atoms with Gasteiger partial charge in [0.05, 0.1) is 0 Å². The Labute approximate surface area is 69.6 Å². The summed E-state index contributed by atoms with van der Waals surface area (Å²) in [6.07, 6.45) is 3.06. The number of nitrogens with two attached hydrogens (primary N) is 1. The number of hydrogen-bond acceptors (Lipinski definition) is 4. The average Bonchev–Trinajstić information content (AvgIpc) is 2.21. The third-order valence-corrected chi connectivity index (χ3v) is 1.07. The summed E-state index contributed by atoms with van der Waals surface area (Å²) >= 11 is 0. The SMILES string of the molecule is C=O.NNC(=O)c1ccncc1. The largest absolute Gasteiger partial charge is 0.307 e. The van der Waals surface area contributed by atoms with Crippen LogP contribution in [0.5, 0.6) is 0 Å². The van der Waals surface area contributed by atoms with E-state index in [0.29, 0.717) is 5.56 Å². The minimum atomic E-state index is -0.303. The summed E-state index contributed by atoms with van der Waals surface area (Å²) in [5.74, 6) is 4.58. The maximum Gasteiger partial charge on any atom is 0.265 e. The highest BCUT2D eigenvalue weighted by Crippen LogP contribution is 1.93. The van der Waals surface area contributed by atoms with Crippen molar-refractivity contribution in [1.29, 1.82) is 0 Å². The number of amides is 1. The summed E-state index contributed by atoms with van der Waals surface area (Å²) in [7, 11) is 0. The van der Waals surface area contributed by atoms with Gasteiger partial charge in [-0.05, 0) is 12.1 Å². The number of rotatable bonds is 1. The fraction of sp³-hybridized carbons (Fsp3) is 0. The molecule has 0 atom stereocenters. The number of hydrogen-bond donors (Lipinski definition) is 2. The zero-order valence-corrected chi connectivity index (χ0v) is 6.36. The van der Waals surface area contributed by atoms with Crippen LogP contribution in [0.2, 0.25) is 0 Å². The van der Waals surface area contributed by atoms with Crippen molar-refractivity contribution in [3.63, 3.8) is 0 Å². The molecule has 1 rings (SSSR count). The maximum absolute atomic E-state index is 10.7. The van der Waals surface area contributed by atoms with E-state index >= 15 is 0 Å². The molecular formula is C7H9N3O2. The van der Waals surface area contributed by atoms with E-state index in [1.807, 2.05) is 12.2 Å². The summed E-state index contributed by atoms with van der Waals surface area (Å²) in [6.45, 7) is 2.00. The third-order valence-electron chi connectivity index (χ3n) is 1.07. The number of nitrogens with one attached hydrogen (secondary N) is 1. The molecule has 0 aliphatic heterocycles. The van der Waals surface area contributed by atoms with Crippen LogP contribution in [0.4, 0.5) is 0 Å². The fourth-order valence-corrected chi connectivity index (χ4v) is 0.587. The van der Waals surface area contributed by atoms with E-state index < -0.39 is 0 Å². The molecule has 0 unspecified atom stereocenters. The molecule has 5 heteroatoms. The minimum absolute atomic E-state index is 0.303. The number of carbonyl (C=O) groups excluding carboxylic acids is 2. The molecule has 5 nitrogen and oxygen atoms in total. The van der Waals surface area contributed by atoms with Crippen LogP contribution in [0, 0.1) is 0 Å². The van der Waals surface area contributed by atoms with Gasteiger partial charge >= 0.3 is 0 Å². The molecule has 1 aromatic rings. The van der Waals surface area contributed by atoms with Crippen LogP contribution in [0.1, 0.15) is 10.4 Å². The monoisotopic (exact) mass is 167 g/mol. The maximum atomic E-state index is 10.7. The van der Waals surface area contributed by atoms with Gasteiger partial charge in [-0.1, -0.05) is 0 Å². The Morgan fingerprint density at radius 2 is 1.92 bits per heavy atom. The van der Waals surface area contributed by atoms with Gasteiger partial charge in [0.2, 0.25) is 0 Å². The van der Waals surface area contributed by atoms with Gasteiger partial charge in [0.25, 0.3) is 5.91 Å². The zero-order chi connectivity index (χ0) is 9.40. The number of nitrogen functional groups attached to an aromatic ring is 1. The minimum Gasteiger partial charge on any atom is -0.307 e. The molecule has 0 aliphatic rings. The van der Waals surface area contributed by atoms with E-state index in [-0.39, 0.29) is 5.91 Å². The Morgan fingerprint density at radius 3 is 2.33 bits per heavy atom. The van der Waals surface area contributed by atoms with E-state index in [4.69, 9.17) is 10.6 Å². The highest BCUT2D eigenvalue weighted by Gasteiger charge is 1.98. The van der Waals surface area contributed by atoms with Crippen LogP contribution in [0.15, 0.2) is 24.5 Å². The number of carbonyl (C=O) groups is 2. The molecule has 0 aromatic carbocycles. The van der Waals surface area contributed by atoms with E-state index in [1.165, 1.54) is 12.4 Å². The van der Waals surface area contributed by atoms with Gasteiger partial charge in [-0.2, -0.15) is 0 Å². The molecular weight excluding hydrogens is 158 g/mol. The highest BCUT2D eigenvalue weighted by molar-refractivity contribution is 5.93. The van der Waals surface area contributed by atoms with Crippen molar-refractivity contribution in [3.05, 3.63) is 30.1 Å². The van der Waals surface area contributed by atoms with Crippen molar-refractivity contribution >= 4 is 12.7 Å². The fourth-order valence-electron chi connectivity index (χ4n) is 0.587. The van der Waals surface area contributed by atoms with Crippen molar-refractivity contribution in [2.24, 2.45) is 5.84 Å². The van der Waals surface area contributed by atoms with Crippen LogP contribution >= 0.6 is 0 Å². The molecule has 1 aromatic heterocycles. The quantitative estimate of drug-likeness (QED) is 0.335. The van der Waals surface area contributed by atoms with Crippen molar-refractivity contribution in [2.45, 2.75) is 0 Å². The Kier molecular flexibility index (Phi) is 5.12. The van der Waals surface area contributed by atoms with Crippen LogP contribution in [0.3, 0.4) is 0 Å². The molecule has 3 N–H and O–H groups in total. The average molecular weight is 167 g/mol. The second-order valence-electron chi connectivity index (χ2n) is 1.71. The second-order valence-corrected chi connectivity index (χ2v) is 1.71. The Morgan fingerprint density at radius 1 is 1.42 bits per heavy atom. The smallest absolute Gasteiger partial charge is 0.265 e. The van der Waals surface area contributed by atoms with Crippen LogP contribution in [0.25, 0.3) is 0 Å². The van der Waals surface area contributed by atoms with Gasteiger partial charge in [0.1, 0.15) is 6.79 Å². The van der Waals surface area contributed by atoms with Crippen molar-refractivity contribution < 1.29 is 9.59 Å². The first kappa shape index (κ1) is 10.2. The van der Waals surface area contributed by atoms with E-state index in [9.17, 15) is 4.79 Å². The summed E-state index contributed by atoms with van der Waals surface area (Å²) < 4.78 is 0. The van der Waals surface area contributed by atoms with Crippen molar-refractivity contribution in [2.75, 3.05) is 0 Å². The molecule has 64 valence electrons. The van der Waals surface area contributed by atoms with Gasteiger partial charge in [-0.25, -0.2) is 5.84 Å². The lowest BCUT2D eigenvalue weighted by Crippen LogP contribution is -2.29. The molecule has 1 heterocycles. The summed E-state index contributed by atoms with van der Waals surface area (Å²) in [6, 6.07) is 3.17. The summed E-state index contributed by atoms with van der Waals surface area (Å²) in [5, 5.41) is 0. The molecule has 0 saturated heterocycles. The molecule has 12 heavy (non-hydrogen) atoms. The Hall–Kier alpha value is -1.75. The van der Waals surface area contributed by atoms with E-state index in [2.05, 4.69) is 4.98 Å². The molecule has 1 amide bonds. The highest BCUT2D eigenvalue weighted by atomic mass is 16.2. The van der Waals surface area contributed by atoms with Gasteiger partial charge in [-0.15, -0.1) is 0 Å². The normalized spacial score (nSPS) is 7.75. The Bertz CT molecular complexity index is 238. The third kappa shape index (κ3) is 2.89. The van der Waals surface area contributed by atoms with Crippen LogP contribution in [-0.4, -0.2) is 17.7 Å². The molecule has 0 radical (unpaired) electrons. The first-order chi connectivity index (χ1) is 5.84. The van der Waals surface area contributed by atoms with Gasteiger partial charge in [0.15, 0.2) is 0 Å². The zero-order valence-electron chi connectivity index (χ0n) is 6.36. The lowest BCUT2D eigenvalue weighted by molar-refractivity contribution is -0.0979. The first-order valence-corrected chi connectivity index (χ1v) is 3.04. The summed E-state index contributed by atoms with van der Waals surface area (Å²) in [5.41, 5.74) is 2.53. The number of nitrogens with zero attached hydrogens (tertiary/aromatic N) is 1. The van der Waals surface area contributed by atoms with Crippen LogP contribution in [-0.2, 0) is 4.79 Å². The van der Waals surface area contributed by atoms with Gasteiger partial charge < -0.3 is 4.79 Å². The predicted molar refractivity (Wildman–Crippen MR) is 43.0 cm³/mol. The molecule has 0 fully saturated rings. The predicted octanol–water partition coefficient (Wildman–Crippen LogP) is -0.500. The van der Waals surface area contributed by atoms with E-state index in [0.717, 1.165) is 0 Å². The van der Waals surface area contributed by atoms with Crippen LogP contribution < -0.4 is 11.3 Å². The second kappa shape index (κ2) is 5.99. The van der Waals surface area contributed by atoms with Gasteiger partial charge in [0, 0.05) is 18.0 Å². The van der Waals surface area contributed by atoms with Gasteiger partial charge in [-0.3, -0.25) is 15.2 Å². The molecule has 0 aliphatic carbocycles. The molecule has 0 saturated carbocycles. The number of aromatic nitrogens is 1. The standard InChI is InChI=1S/C6H7N3O.CH2O/c7-9-6(10)5-1-3-8-4-2-5;1-2/h1-4H,7H2,(H,9,10);1H2. The number of hydrazine groups is 1. The summed E-state index contributed by atoms with van der Waals surface area (Å²) in [4.78, 5) is 22.5. The molecule has 0 bridgehead atoms.